The van der Waals surface area contributed by atoms with Crippen molar-refractivity contribution in [1.29, 1.82) is 0 Å². The topological polar surface area (TPSA) is 78.7 Å². The molecule has 1 fully saturated rings. The maximum atomic E-state index is 11.6. The number of hydrazine groups is 1. The molecule has 0 radical (unpaired) electrons. The van der Waals surface area contributed by atoms with E-state index < -0.39 is 11.8 Å². The molecule has 1 aromatic rings. The largest absolute Gasteiger partial charge is 0.368 e. The zero-order valence-corrected chi connectivity index (χ0v) is 10.9. The highest BCUT2D eigenvalue weighted by atomic mass is 16.2. The van der Waals surface area contributed by atoms with Crippen molar-refractivity contribution in [2.45, 2.75) is 6.92 Å². The summed E-state index contributed by atoms with van der Waals surface area (Å²) in [4.78, 5) is 26.5. The summed E-state index contributed by atoms with van der Waals surface area (Å²) in [7, 11) is 0. The van der Waals surface area contributed by atoms with Crippen molar-refractivity contribution in [3.8, 4) is 0 Å². The molecule has 1 aromatic carbocycles. The number of hydrogen-bond acceptors (Lipinski definition) is 4. The van der Waals surface area contributed by atoms with E-state index in [1.807, 2.05) is 11.5 Å². The van der Waals surface area contributed by atoms with Gasteiger partial charge in [-0.1, -0.05) is 12.1 Å². The smallest absolute Gasteiger partial charge is 0.323 e. The number of aryl methyl sites for hydroxylation is 1. The fourth-order valence-corrected chi connectivity index (χ4v) is 2.20. The summed E-state index contributed by atoms with van der Waals surface area (Å²) in [6.07, 6.45) is 0. The quantitative estimate of drug-likeness (QED) is 0.313. The molecule has 0 spiro atoms. The fourth-order valence-electron chi connectivity index (χ4n) is 2.20. The van der Waals surface area contributed by atoms with Gasteiger partial charge in [0.15, 0.2) is 0 Å². The van der Waals surface area contributed by atoms with Crippen molar-refractivity contribution in [2.24, 2.45) is 5.84 Å². The first-order chi connectivity index (χ1) is 9.11. The van der Waals surface area contributed by atoms with Gasteiger partial charge in [0.2, 0.25) is 0 Å². The van der Waals surface area contributed by atoms with E-state index in [2.05, 4.69) is 30.0 Å². The van der Waals surface area contributed by atoms with Crippen molar-refractivity contribution >= 4 is 17.5 Å². The first-order valence-corrected chi connectivity index (χ1v) is 6.23. The van der Waals surface area contributed by atoms with E-state index in [0.29, 0.717) is 26.2 Å². The molecule has 6 nitrogen and oxygen atoms in total. The summed E-state index contributed by atoms with van der Waals surface area (Å²) in [5.74, 6) is 3.63. The highest BCUT2D eigenvalue weighted by Crippen LogP contribution is 2.17. The van der Waals surface area contributed by atoms with Crippen LogP contribution in [0.4, 0.5) is 5.69 Å². The molecule has 102 valence electrons. The highest BCUT2D eigenvalue weighted by Gasteiger charge is 2.25. The Balaban J connectivity index is 1.96. The normalized spacial score (nSPS) is 15.3. The molecule has 0 aromatic heterocycles. The van der Waals surface area contributed by atoms with Crippen LogP contribution in [0.5, 0.6) is 0 Å². The lowest BCUT2D eigenvalue weighted by Crippen LogP contribution is -2.53. The zero-order valence-electron chi connectivity index (χ0n) is 10.9. The monoisotopic (exact) mass is 262 g/mol. The molecule has 0 aliphatic carbocycles. The first kappa shape index (κ1) is 13.4. The number of anilines is 1. The number of carbonyl (C=O) groups is 2. The van der Waals surface area contributed by atoms with Crippen LogP contribution in [0.2, 0.25) is 0 Å². The lowest BCUT2D eigenvalue weighted by Gasteiger charge is -2.35. The second-order valence-corrected chi connectivity index (χ2v) is 4.59. The average molecular weight is 262 g/mol. The van der Waals surface area contributed by atoms with Gasteiger partial charge < -0.3 is 9.80 Å². The number of nitrogens with two attached hydrogens (primary N) is 1. The van der Waals surface area contributed by atoms with E-state index in [9.17, 15) is 9.59 Å². The Morgan fingerprint density at radius 1 is 1.21 bits per heavy atom. The number of carbonyl (C=O) groups excluding carboxylic acids is 2. The third kappa shape index (κ3) is 3.03. The summed E-state index contributed by atoms with van der Waals surface area (Å²) in [5.41, 5.74) is 4.22. The lowest BCUT2D eigenvalue weighted by molar-refractivity contribution is -0.146. The molecular formula is C13H18N4O2. The Hall–Kier alpha value is -2.08. The lowest BCUT2D eigenvalue weighted by atomic mass is 10.2. The number of nitrogens with one attached hydrogen (secondary N) is 1. The van der Waals surface area contributed by atoms with Gasteiger partial charge in [-0.2, -0.15) is 0 Å². The molecule has 1 heterocycles. The molecule has 19 heavy (non-hydrogen) atoms. The Morgan fingerprint density at radius 2 is 1.89 bits per heavy atom. The van der Waals surface area contributed by atoms with E-state index in [4.69, 9.17) is 5.84 Å². The Bertz CT molecular complexity index is 481. The third-order valence-electron chi connectivity index (χ3n) is 3.26. The molecule has 0 unspecified atom stereocenters. The molecule has 6 heteroatoms. The van der Waals surface area contributed by atoms with E-state index in [-0.39, 0.29) is 0 Å². The van der Waals surface area contributed by atoms with Gasteiger partial charge in [-0.25, -0.2) is 5.84 Å². The van der Waals surface area contributed by atoms with Crippen LogP contribution in [0, 0.1) is 6.92 Å². The van der Waals surface area contributed by atoms with Crippen molar-refractivity contribution in [3.63, 3.8) is 0 Å². The SMILES string of the molecule is Cc1cccc(N2CCN(C(=O)C(=O)NN)CC2)c1. The van der Waals surface area contributed by atoms with Crippen LogP contribution in [-0.2, 0) is 9.59 Å². The van der Waals surface area contributed by atoms with E-state index in [1.54, 1.807) is 0 Å². The Labute approximate surface area is 112 Å². The molecule has 1 aliphatic rings. The number of hydrogen-bond donors (Lipinski definition) is 2. The van der Waals surface area contributed by atoms with Crippen LogP contribution >= 0.6 is 0 Å². The maximum absolute atomic E-state index is 11.6. The van der Waals surface area contributed by atoms with Gasteiger partial charge in [-0.05, 0) is 24.6 Å². The summed E-state index contributed by atoms with van der Waals surface area (Å²) < 4.78 is 0. The minimum atomic E-state index is -0.760. The van der Waals surface area contributed by atoms with Crippen molar-refractivity contribution in [1.82, 2.24) is 10.3 Å². The van der Waals surface area contributed by atoms with Gasteiger partial charge in [0, 0.05) is 31.9 Å². The fraction of sp³-hybridized carbons (Fsp3) is 0.385. The van der Waals surface area contributed by atoms with Gasteiger partial charge in [0.1, 0.15) is 0 Å². The maximum Gasteiger partial charge on any atom is 0.323 e. The minimum Gasteiger partial charge on any atom is -0.368 e. The number of rotatable bonds is 1. The second-order valence-electron chi connectivity index (χ2n) is 4.59. The van der Waals surface area contributed by atoms with E-state index >= 15 is 0 Å². The minimum absolute atomic E-state index is 0.528. The van der Waals surface area contributed by atoms with E-state index in [1.165, 1.54) is 10.5 Å². The van der Waals surface area contributed by atoms with Crippen LogP contribution in [-0.4, -0.2) is 42.9 Å². The number of amides is 2. The molecule has 0 bridgehead atoms. The zero-order chi connectivity index (χ0) is 13.8. The summed E-state index contributed by atoms with van der Waals surface area (Å²) in [5, 5.41) is 0. The molecular weight excluding hydrogens is 244 g/mol. The predicted molar refractivity (Wildman–Crippen MR) is 72.3 cm³/mol. The molecule has 1 aliphatic heterocycles. The Morgan fingerprint density at radius 3 is 2.47 bits per heavy atom. The molecule has 0 atom stereocenters. The predicted octanol–water partition coefficient (Wildman–Crippen LogP) is -0.366. The molecule has 1 saturated heterocycles. The van der Waals surface area contributed by atoms with Crippen molar-refractivity contribution in [2.75, 3.05) is 31.1 Å². The third-order valence-corrected chi connectivity index (χ3v) is 3.26. The Kier molecular flexibility index (Phi) is 4.01. The van der Waals surface area contributed by atoms with Crippen LogP contribution in [0.15, 0.2) is 24.3 Å². The first-order valence-electron chi connectivity index (χ1n) is 6.23. The highest BCUT2D eigenvalue weighted by molar-refractivity contribution is 6.34. The number of piperazine rings is 1. The summed E-state index contributed by atoms with van der Waals surface area (Å²) in [6, 6.07) is 8.24. The average Bonchev–Trinajstić information content (AvgIpc) is 2.46. The van der Waals surface area contributed by atoms with Crippen LogP contribution in [0.25, 0.3) is 0 Å². The van der Waals surface area contributed by atoms with Gasteiger partial charge in [-0.3, -0.25) is 15.0 Å². The number of nitrogens with zero attached hydrogens (tertiary/aromatic N) is 2. The van der Waals surface area contributed by atoms with Crippen LogP contribution in [0.3, 0.4) is 0 Å². The standard InChI is InChI=1S/C13H18N4O2/c1-10-3-2-4-11(9-10)16-5-7-17(8-6-16)13(19)12(18)15-14/h2-4,9H,5-8,14H2,1H3,(H,15,18). The van der Waals surface area contributed by atoms with Crippen LogP contribution in [0.1, 0.15) is 5.56 Å². The molecule has 2 rings (SSSR count). The molecule has 3 N–H and O–H groups in total. The summed E-state index contributed by atoms with van der Waals surface area (Å²) in [6.45, 7) is 4.54. The van der Waals surface area contributed by atoms with Crippen molar-refractivity contribution < 1.29 is 9.59 Å². The van der Waals surface area contributed by atoms with Gasteiger partial charge >= 0.3 is 11.8 Å². The number of benzene rings is 1. The summed E-state index contributed by atoms with van der Waals surface area (Å²) >= 11 is 0. The van der Waals surface area contributed by atoms with Gasteiger partial charge in [0.25, 0.3) is 0 Å². The van der Waals surface area contributed by atoms with Crippen molar-refractivity contribution in [3.05, 3.63) is 29.8 Å². The van der Waals surface area contributed by atoms with Crippen LogP contribution < -0.4 is 16.2 Å². The molecule has 0 saturated carbocycles. The molecule has 2 amide bonds. The van der Waals surface area contributed by atoms with E-state index in [0.717, 1.165) is 5.69 Å². The van der Waals surface area contributed by atoms with Gasteiger partial charge in [-0.15, -0.1) is 0 Å². The second kappa shape index (κ2) is 5.71. The van der Waals surface area contributed by atoms with Gasteiger partial charge in [0.05, 0.1) is 0 Å².